The largest absolute Gasteiger partial charge is 0.480 e. The molecule has 0 saturated heterocycles. The van der Waals surface area contributed by atoms with Crippen molar-refractivity contribution >= 4 is 5.97 Å². The highest BCUT2D eigenvalue weighted by Crippen LogP contribution is 2.10. The molecule has 1 rings (SSSR count). The molecule has 1 aromatic rings. The molecule has 94 valence electrons. The summed E-state index contributed by atoms with van der Waals surface area (Å²) in [6.07, 6.45) is 1.91. The number of aliphatic carboxylic acids is 1. The average molecular weight is 239 g/mol. The maximum atomic E-state index is 13.4. The summed E-state index contributed by atoms with van der Waals surface area (Å²) in [6, 6.07) is 6.48. The molecule has 4 heteroatoms. The van der Waals surface area contributed by atoms with Gasteiger partial charge >= 0.3 is 5.97 Å². The van der Waals surface area contributed by atoms with Crippen molar-refractivity contribution in [2.45, 2.75) is 26.3 Å². The van der Waals surface area contributed by atoms with Gasteiger partial charge in [-0.25, -0.2) is 4.39 Å². The number of unbranched alkanes of at least 4 members (excludes halogenated alkanes) is 1. The molecular formula is C13H18FNO2. The highest BCUT2D eigenvalue weighted by Gasteiger charge is 2.11. The zero-order valence-corrected chi connectivity index (χ0v) is 10.0. The SMILES string of the molecule is CCCCN(CC(=O)O)Cc1ccccc1F. The van der Waals surface area contributed by atoms with Gasteiger partial charge in [0.05, 0.1) is 6.54 Å². The monoisotopic (exact) mass is 239 g/mol. The summed E-state index contributed by atoms with van der Waals surface area (Å²) in [4.78, 5) is 12.5. The van der Waals surface area contributed by atoms with Crippen molar-refractivity contribution in [1.82, 2.24) is 4.90 Å². The molecule has 0 aliphatic heterocycles. The van der Waals surface area contributed by atoms with Crippen molar-refractivity contribution < 1.29 is 14.3 Å². The standard InChI is InChI=1S/C13H18FNO2/c1-2-3-8-15(10-13(16)17)9-11-6-4-5-7-12(11)14/h4-7H,2-3,8-10H2,1H3,(H,16,17). The predicted octanol–water partition coefficient (Wildman–Crippen LogP) is 2.51. The number of carboxylic acids is 1. The Bertz CT molecular complexity index is 368. The first-order valence-electron chi connectivity index (χ1n) is 5.81. The molecule has 0 fully saturated rings. The van der Waals surface area contributed by atoms with Crippen molar-refractivity contribution in [2.24, 2.45) is 0 Å². The lowest BCUT2D eigenvalue weighted by Crippen LogP contribution is -2.30. The van der Waals surface area contributed by atoms with Gasteiger partial charge in [-0.2, -0.15) is 0 Å². The predicted molar refractivity (Wildman–Crippen MR) is 64.2 cm³/mol. The van der Waals surface area contributed by atoms with Gasteiger partial charge in [0.15, 0.2) is 0 Å². The Labute approximate surface area is 101 Å². The summed E-state index contributed by atoms with van der Waals surface area (Å²) in [5, 5.41) is 8.80. The van der Waals surface area contributed by atoms with E-state index in [0.717, 1.165) is 12.8 Å². The number of halogens is 1. The minimum Gasteiger partial charge on any atom is -0.480 e. The lowest BCUT2D eigenvalue weighted by Gasteiger charge is -2.20. The van der Waals surface area contributed by atoms with E-state index in [9.17, 15) is 9.18 Å². The van der Waals surface area contributed by atoms with Crippen molar-refractivity contribution in [3.8, 4) is 0 Å². The van der Waals surface area contributed by atoms with E-state index in [1.807, 2.05) is 6.92 Å². The Morgan fingerprint density at radius 3 is 2.71 bits per heavy atom. The van der Waals surface area contributed by atoms with Gasteiger partial charge in [0.25, 0.3) is 0 Å². The Hall–Kier alpha value is -1.42. The van der Waals surface area contributed by atoms with Gasteiger partial charge in [0.2, 0.25) is 0 Å². The van der Waals surface area contributed by atoms with E-state index in [1.165, 1.54) is 6.07 Å². The highest BCUT2D eigenvalue weighted by molar-refractivity contribution is 5.69. The Kier molecular flexibility index (Phi) is 5.63. The summed E-state index contributed by atoms with van der Waals surface area (Å²) in [5.74, 6) is -1.16. The second-order valence-electron chi connectivity index (χ2n) is 4.05. The van der Waals surface area contributed by atoms with Crippen LogP contribution in [-0.4, -0.2) is 29.1 Å². The molecule has 0 aromatic heterocycles. The summed E-state index contributed by atoms with van der Waals surface area (Å²) < 4.78 is 13.4. The van der Waals surface area contributed by atoms with Gasteiger partial charge in [0, 0.05) is 12.1 Å². The lowest BCUT2D eigenvalue weighted by molar-refractivity contribution is -0.138. The first-order valence-corrected chi connectivity index (χ1v) is 5.81. The fourth-order valence-corrected chi connectivity index (χ4v) is 1.65. The van der Waals surface area contributed by atoms with E-state index in [0.29, 0.717) is 18.7 Å². The van der Waals surface area contributed by atoms with Crippen molar-refractivity contribution in [3.63, 3.8) is 0 Å². The molecule has 3 nitrogen and oxygen atoms in total. The van der Waals surface area contributed by atoms with Crippen LogP contribution in [-0.2, 0) is 11.3 Å². The van der Waals surface area contributed by atoms with Gasteiger partial charge in [-0.1, -0.05) is 31.5 Å². The van der Waals surface area contributed by atoms with Crippen LogP contribution in [0.25, 0.3) is 0 Å². The molecular weight excluding hydrogens is 221 g/mol. The van der Waals surface area contributed by atoms with Gasteiger partial charge in [0.1, 0.15) is 5.82 Å². The zero-order valence-electron chi connectivity index (χ0n) is 10.0. The summed E-state index contributed by atoms with van der Waals surface area (Å²) >= 11 is 0. The third-order valence-corrected chi connectivity index (χ3v) is 2.54. The van der Waals surface area contributed by atoms with Crippen LogP contribution in [0.2, 0.25) is 0 Å². The minimum absolute atomic E-state index is 0.0473. The molecule has 0 aliphatic carbocycles. The summed E-state index contributed by atoms with van der Waals surface area (Å²) in [6.45, 7) is 3.02. The number of rotatable bonds is 7. The molecule has 0 spiro atoms. The zero-order chi connectivity index (χ0) is 12.7. The molecule has 0 bridgehead atoms. The number of benzene rings is 1. The third-order valence-electron chi connectivity index (χ3n) is 2.54. The van der Waals surface area contributed by atoms with Crippen LogP contribution in [0.15, 0.2) is 24.3 Å². The van der Waals surface area contributed by atoms with E-state index in [-0.39, 0.29) is 12.4 Å². The molecule has 0 unspecified atom stereocenters. The molecule has 0 radical (unpaired) electrons. The maximum Gasteiger partial charge on any atom is 0.317 e. The van der Waals surface area contributed by atoms with E-state index in [1.54, 1.807) is 23.1 Å². The van der Waals surface area contributed by atoms with E-state index in [4.69, 9.17) is 5.11 Å². The number of carboxylic acid groups (broad SMARTS) is 1. The molecule has 0 amide bonds. The Morgan fingerprint density at radius 1 is 1.41 bits per heavy atom. The van der Waals surface area contributed by atoms with Gasteiger partial charge in [-0.05, 0) is 19.0 Å². The number of carbonyl (C=O) groups is 1. The van der Waals surface area contributed by atoms with E-state index >= 15 is 0 Å². The number of hydrogen-bond acceptors (Lipinski definition) is 2. The lowest BCUT2D eigenvalue weighted by atomic mass is 10.2. The molecule has 17 heavy (non-hydrogen) atoms. The fraction of sp³-hybridized carbons (Fsp3) is 0.462. The second kappa shape index (κ2) is 7.01. The van der Waals surface area contributed by atoms with Gasteiger partial charge in [-0.15, -0.1) is 0 Å². The van der Waals surface area contributed by atoms with Crippen LogP contribution in [0.1, 0.15) is 25.3 Å². The molecule has 1 N–H and O–H groups in total. The molecule has 1 aromatic carbocycles. The van der Waals surface area contributed by atoms with Crippen LogP contribution < -0.4 is 0 Å². The Balaban J connectivity index is 2.64. The quantitative estimate of drug-likeness (QED) is 0.794. The number of nitrogens with zero attached hydrogens (tertiary/aromatic N) is 1. The van der Waals surface area contributed by atoms with Crippen LogP contribution in [0, 0.1) is 5.82 Å². The van der Waals surface area contributed by atoms with E-state index < -0.39 is 5.97 Å². The minimum atomic E-state index is -0.877. The van der Waals surface area contributed by atoms with Crippen molar-refractivity contribution in [3.05, 3.63) is 35.6 Å². The molecule has 0 heterocycles. The van der Waals surface area contributed by atoms with Crippen molar-refractivity contribution in [1.29, 1.82) is 0 Å². The van der Waals surface area contributed by atoms with Crippen LogP contribution in [0.4, 0.5) is 4.39 Å². The van der Waals surface area contributed by atoms with Crippen LogP contribution >= 0.6 is 0 Å². The van der Waals surface area contributed by atoms with E-state index in [2.05, 4.69) is 0 Å². The van der Waals surface area contributed by atoms with Gasteiger partial charge in [-0.3, -0.25) is 9.69 Å². The second-order valence-corrected chi connectivity index (χ2v) is 4.05. The summed E-state index contributed by atoms with van der Waals surface area (Å²) in [5.41, 5.74) is 0.546. The molecule has 0 atom stereocenters. The fourth-order valence-electron chi connectivity index (χ4n) is 1.65. The first-order chi connectivity index (χ1) is 8.13. The Morgan fingerprint density at radius 2 is 2.12 bits per heavy atom. The molecule has 0 aliphatic rings. The van der Waals surface area contributed by atoms with Crippen molar-refractivity contribution in [2.75, 3.05) is 13.1 Å². The van der Waals surface area contributed by atoms with Crippen LogP contribution in [0.3, 0.4) is 0 Å². The molecule has 0 saturated carbocycles. The summed E-state index contributed by atoms with van der Waals surface area (Å²) in [7, 11) is 0. The topological polar surface area (TPSA) is 40.5 Å². The van der Waals surface area contributed by atoms with Crippen LogP contribution in [0.5, 0.6) is 0 Å². The van der Waals surface area contributed by atoms with Gasteiger partial charge < -0.3 is 5.11 Å². The number of hydrogen-bond donors (Lipinski definition) is 1. The normalized spacial score (nSPS) is 10.8. The third kappa shape index (κ3) is 4.95. The average Bonchev–Trinajstić information content (AvgIpc) is 2.28. The maximum absolute atomic E-state index is 13.4. The smallest absolute Gasteiger partial charge is 0.317 e. The first kappa shape index (κ1) is 13.6. The highest BCUT2D eigenvalue weighted by atomic mass is 19.1.